The van der Waals surface area contributed by atoms with Crippen LogP contribution in [0.25, 0.3) is 0 Å². The van der Waals surface area contributed by atoms with E-state index in [9.17, 15) is 14.4 Å². The van der Waals surface area contributed by atoms with Crippen LogP contribution in [0.1, 0.15) is 40.4 Å². The topological polar surface area (TPSA) is 117 Å². The van der Waals surface area contributed by atoms with E-state index in [4.69, 9.17) is 9.84 Å². The second-order valence-corrected chi connectivity index (χ2v) is 7.36. The number of nitrogens with one attached hydrogen (secondary N) is 2. The molecule has 0 saturated carbocycles. The molecule has 1 atom stereocenters. The van der Waals surface area contributed by atoms with Crippen LogP contribution in [0.3, 0.4) is 0 Å². The molecule has 0 heterocycles. The van der Waals surface area contributed by atoms with Gasteiger partial charge in [-0.2, -0.15) is 5.10 Å². The Balaban J connectivity index is 1.56. The van der Waals surface area contributed by atoms with Gasteiger partial charge in [-0.1, -0.05) is 48.5 Å². The minimum atomic E-state index is -0.923. The molecule has 0 bridgehead atoms. The van der Waals surface area contributed by atoms with E-state index in [1.165, 1.54) is 6.21 Å². The van der Waals surface area contributed by atoms with Gasteiger partial charge in [0.15, 0.2) is 0 Å². The number of carbonyl (C=O) groups excluding carboxylic acids is 2. The molecule has 174 valence electrons. The first-order valence-corrected chi connectivity index (χ1v) is 10.7. The van der Waals surface area contributed by atoms with Crippen molar-refractivity contribution in [2.45, 2.75) is 18.9 Å². The molecule has 3 aromatic carbocycles. The Hall–Kier alpha value is -4.46. The summed E-state index contributed by atoms with van der Waals surface area (Å²) in [5, 5.41) is 15.5. The van der Waals surface area contributed by atoms with Gasteiger partial charge in [-0.25, -0.2) is 5.43 Å². The third kappa shape index (κ3) is 7.90. The van der Waals surface area contributed by atoms with Crippen LogP contribution >= 0.6 is 0 Å². The van der Waals surface area contributed by atoms with E-state index in [1.807, 2.05) is 36.4 Å². The van der Waals surface area contributed by atoms with Gasteiger partial charge in [0.05, 0.1) is 31.7 Å². The summed E-state index contributed by atoms with van der Waals surface area (Å²) in [6.07, 6.45) is 1.42. The summed E-state index contributed by atoms with van der Waals surface area (Å²) in [5.41, 5.74) is 4.53. The third-order valence-corrected chi connectivity index (χ3v) is 4.80. The fourth-order valence-corrected chi connectivity index (χ4v) is 3.08. The standard InChI is InChI=1S/C26H25N3O5/c30-24(29-27-18-19-11-13-22(14-12-19)34-16-15-25(31)32)17-23(20-7-3-1-4-8-20)28-26(33)21-9-5-2-6-10-21/h1-14,18,23H,15-17H2,(H,28,33)(H,29,30)(H,31,32)/b27-18-/t23-/m1/s1. The quantitative estimate of drug-likeness (QED) is 0.299. The van der Waals surface area contributed by atoms with E-state index >= 15 is 0 Å². The van der Waals surface area contributed by atoms with Gasteiger partial charge in [-0.15, -0.1) is 0 Å². The maximum Gasteiger partial charge on any atom is 0.306 e. The summed E-state index contributed by atoms with van der Waals surface area (Å²) < 4.78 is 5.33. The van der Waals surface area contributed by atoms with Gasteiger partial charge in [-0.05, 0) is 47.5 Å². The molecule has 2 amide bonds. The number of aliphatic carboxylic acids is 1. The maximum absolute atomic E-state index is 12.6. The van der Waals surface area contributed by atoms with E-state index in [2.05, 4.69) is 15.8 Å². The first-order valence-electron chi connectivity index (χ1n) is 10.7. The lowest BCUT2D eigenvalue weighted by molar-refractivity contribution is -0.137. The Labute approximate surface area is 197 Å². The van der Waals surface area contributed by atoms with Gasteiger partial charge < -0.3 is 15.2 Å². The largest absolute Gasteiger partial charge is 0.493 e. The van der Waals surface area contributed by atoms with E-state index in [0.29, 0.717) is 11.3 Å². The van der Waals surface area contributed by atoms with Crippen LogP contribution < -0.4 is 15.5 Å². The first-order chi connectivity index (χ1) is 16.5. The second kappa shape index (κ2) is 12.5. The summed E-state index contributed by atoms with van der Waals surface area (Å²) in [4.78, 5) is 35.7. The molecular formula is C26H25N3O5. The van der Waals surface area contributed by atoms with Crippen LogP contribution in [0.4, 0.5) is 0 Å². The zero-order chi connectivity index (χ0) is 24.2. The number of carboxylic acid groups (broad SMARTS) is 1. The average Bonchev–Trinajstić information content (AvgIpc) is 2.85. The molecule has 0 aromatic heterocycles. The summed E-state index contributed by atoms with van der Waals surface area (Å²) in [7, 11) is 0. The molecule has 34 heavy (non-hydrogen) atoms. The van der Waals surface area contributed by atoms with Crippen molar-refractivity contribution in [2.75, 3.05) is 6.61 Å². The highest BCUT2D eigenvalue weighted by atomic mass is 16.5. The lowest BCUT2D eigenvalue weighted by atomic mass is 10.0. The van der Waals surface area contributed by atoms with Crippen LogP contribution in [-0.4, -0.2) is 35.7 Å². The number of amides is 2. The van der Waals surface area contributed by atoms with Gasteiger partial charge in [0.25, 0.3) is 5.91 Å². The Morgan fingerprint density at radius 3 is 2.21 bits per heavy atom. The van der Waals surface area contributed by atoms with Crippen molar-refractivity contribution in [1.29, 1.82) is 0 Å². The lowest BCUT2D eigenvalue weighted by Gasteiger charge is -2.18. The molecule has 0 aliphatic carbocycles. The lowest BCUT2D eigenvalue weighted by Crippen LogP contribution is -2.32. The van der Waals surface area contributed by atoms with Crippen molar-refractivity contribution in [2.24, 2.45) is 5.10 Å². The van der Waals surface area contributed by atoms with Gasteiger partial charge in [-0.3, -0.25) is 14.4 Å². The Morgan fingerprint density at radius 2 is 1.56 bits per heavy atom. The molecular weight excluding hydrogens is 434 g/mol. The minimum absolute atomic E-state index is 0.0102. The number of nitrogens with zero attached hydrogens (tertiary/aromatic N) is 1. The van der Waals surface area contributed by atoms with Gasteiger partial charge in [0.2, 0.25) is 5.91 Å². The monoisotopic (exact) mass is 459 g/mol. The third-order valence-electron chi connectivity index (χ3n) is 4.80. The van der Waals surface area contributed by atoms with Crippen molar-refractivity contribution in [3.05, 3.63) is 102 Å². The molecule has 3 aromatic rings. The number of ether oxygens (including phenoxy) is 1. The minimum Gasteiger partial charge on any atom is -0.493 e. The normalized spacial score (nSPS) is 11.5. The predicted octanol–water partition coefficient (Wildman–Crippen LogP) is 3.55. The van der Waals surface area contributed by atoms with E-state index < -0.39 is 12.0 Å². The van der Waals surface area contributed by atoms with Crippen molar-refractivity contribution in [1.82, 2.24) is 10.7 Å². The van der Waals surface area contributed by atoms with E-state index in [-0.39, 0.29) is 31.3 Å². The van der Waals surface area contributed by atoms with Gasteiger partial charge in [0, 0.05) is 5.56 Å². The first kappa shape index (κ1) is 24.2. The van der Waals surface area contributed by atoms with Crippen molar-refractivity contribution in [3.8, 4) is 5.75 Å². The van der Waals surface area contributed by atoms with Crippen LogP contribution in [0.2, 0.25) is 0 Å². The summed E-state index contributed by atoms with van der Waals surface area (Å²) >= 11 is 0. The van der Waals surface area contributed by atoms with E-state index in [0.717, 1.165) is 11.1 Å². The van der Waals surface area contributed by atoms with Gasteiger partial charge in [0.1, 0.15) is 5.75 Å². The highest BCUT2D eigenvalue weighted by molar-refractivity contribution is 5.94. The number of hydrogen-bond donors (Lipinski definition) is 3. The molecule has 8 nitrogen and oxygen atoms in total. The number of carboxylic acids is 1. The molecule has 8 heteroatoms. The highest BCUT2D eigenvalue weighted by Gasteiger charge is 2.19. The molecule has 0 aliphatic rings. The van der Waals surface area contributed by atoms with Crippen LogP contribution in [0, 0.1) is 0 Å². The zero-order valence-corrected chi connectivity index (χ0v) is 18.4. The van der Waals surface area contributed by atoms with Crippen molar-refractivity contribution < 1.29 is 24.2 Å². The Morgan fingerprint density at radius 1 is 0.912 bits per heavy atom. The highest BCUT2D eigenvalue weighted by Crippen LogP contribution is 2.17. The molecule has 0 saturated heterocycles. The molecule has 3 N–H and O–H groups in total. The SMILES string of the molecule is O=C(O)CCOc1ccc(/C=N\NC(=O)C[C@@H](NC(=O)c2ccccc2)c2ccccc2)cc1. The molecule has 0 radical (unpaired) electrons. The van der Waals surface area contributed by atoms with Crippen LogP contribution in [0.5, 0.6) is 5.75 Å². The average molecular weight is 460 g/mol. The van der Waals surface area contributed by atoms with E-state index in [1.54, 1.807) is 48.5 Å². The van der Waals surface area contributed by atoms with Crippen LogP contribution in [0.15, 0.2) is 90.0 Å². The summed E-state index contributed by atoms with van der Waals surface area (Å²) in [6.45, 7) is 0.0855. The summed E-state index contributed by atoms with van der Waals surface area (Å²) in [5.74, 6) is -1.00. The molecule has 0 unspecified atom stereocenters. The van der Waals surface area contributed by atoms with Crippen molar-refractivity contribution in [3.63, 3.8) is 0 Å². The number of carbonyl (C=O) groups is 3. The number of hydrogen-bond acceptors (Lipinski definition) is 5. The second-order valence-electron chi connectivity index (χ2n) is 7.36. The smallest absolute Gasteiger partial charge is 0.306 e. The number of benzene rings is 3. The number of rotatable bonds is 11. The fourth-order valence-electron chi connectivity index (χ4n) is 3.08. The molecule has 0 spiro atoms. The predicted molar refractivity (Wildman–Crippen MR) is 128 cm³/mol. The Kier molecular flexibility index (Phi) is 8.92. The maximum atomic E-state index is 12.6. The van der Waals surface area contributed by atoms with Gasteiger partial charge >= 0.3 is 5.97 Å². The molecule has 3 rings (SSSR count). The Bertz CT molecular complexity index is 1120. The molecule has 0 fully saturated rings. The number of hydrazone groups is 1. The molecule has 0 aliphatic heterocycles. The fraction of sp³-hybridized carbons (Fsp3) is 0.154. The zero-order valence-electron chi connectivity index (χ0n) is 18.4. The summed E-state index contributed by atoms with van der Waals surface area (Å²) in [6, 6.07) is 24.4. The van der Waals surface area contributed by atoms with Crippen LogP contribution in [-0.2, 0) is 9.59 Å². The van der Waals surface area contributed by atoms with Crippen molar-refractivity contribution >= 4 is 24.0 Å².